The van der Waals surface area contributed by atoms with Crippen LogP contribution in [0.25, 0.3) is 0 Å². The van der Waals surface area contributed by atoms with E-state index in [1.165, 1.54) is 0 Å². The van der Waals surface area contributed by atoms with Crippen molar-refractivity contribution in [3.63, 3.8) is 0 Å². The Bertz CT molecular complexity index is 381. The maximum absolute atomic E-state index is 11.1. The van der Waals surface area contributed by atoms with Gasteiger partial charge in [0.2, 0.25) is 5.88 Å². The molecule has 0 aliphatic carbocycles. The number of nitrogens with one attached hydrogen (secondary N) is 1. The highest BCUT2D eigenvalue weighted by Crippen LogP contribution is 2.11. The first-order valence-electron chi connectivity index (χ1n) is 6.32. The Morgan fingerprint density at radius 2 is 2.21 bits per heavy atom. The van der Waals surface area contributed by atoms with Crippen LogP contribution in [0.4, 0.5) is 5.69 Å². The molecule has 0 spiro atoms. The fourth-order valence-corrected chi connectivity index (χ4v) is 1.44. The molecule has 0 bridgehead atoms. The Labute approximate surface area is 112 Å². The summed E-state index contributed by atoms with van der Waals surface area (Å²) in [5, 5.41) is 12.6. The van der Waals surface area contributed by atoms with Gasteiger partial charge in [-0.1, -0.05) is 0 Å². The molecule has 1 unspecified atom stereocenters. The van der Waals surface area contributed by atoms with Gasteiger partial charge in [-0.15, -0.1) is 0 Å². The predicted octanol–water partition coefficient (Wildman–Crippen LogP) is 1.21. The smallest absolute Gasteiger partial charge is 0.308 e. The molecule has 1 rings (SSSR count). The Morgan fingerprint density at radius 1 is 1.42 bits per heavy atom. The highest BCUT2D eigenvalue weighted by atomic mass is 16.5. The first-order chi connectivity index (χ1) is 9.15. The molecule has 1 heterocycles. The van der Waals surface area contributed by atoms with Crippen LogP contribution in [-0.4, -0.2) is 41.9 Å². The lowest BCUT2D eigenvalue weighted by Gasteiger charge is -2.12. The van der Waals surface area contributed by atoms with Crippen molar-refractivity contribution >= 4 is 11.7 Å². The van der Waals surface area contributed by atoms with Gasteiger partial charge < -0.3 is 19.9 Å². The molecule has 19 heavy (non-hydrogen) atoms. The SMILES string of the molecule is CCOC(=O)CC(O)CNc1ccc(OCC)nc1. The van der Waals surface area contributed by atoms with E-state index < -0.39 is 12.1 Å². The Kier molecular flexibility index (Phi) is 6.67. The Balaban J connectivity index is 2.33. The van der Waals surface area contributed by atoms with Gasteiger partial charge in [0.1, 0.15) is 0 Å². The number of pyridine rings is 1. The van der Waals surface area contributed by atoms with Gasteiger partial charge in [-0.2, -0.15) is 0 Å². The maximum Gasteiger partial charge on any atom is 0.308 e. The molecular weight excluding hydrogens is 248 g/mol. The van der Waals surface area contributed by atoms with E-state index in [0.29, 0.717) is 19.1 Å². The van der Waals surface area contributed by atoms with Gasteiger partial charge in [0, 0.05) is 12.6 Å². The minimum Gasteiger partial charge on any atom is -0.478 e. The molecule has 106 valence electrons. The van der Waals surface area contributed by atoms with Crippen molar-refractivity contribution in [2.75, 3.05) is 25.1 Å². The second-order valence-electron chi connectivity index (χ2n) is 3.86. The standard InChI is InChI=1S/C13H20N2O4/c1-3-18-12-6-5-10(8-15-12)14-9-11(16)7-13(17)19-4-2/h5-6,8,11,14,16H,3-4,7,9H2,1-2H3. The zero-order valence-electron chi connectivity index (χ0n) is 11.3. The van der Waals surface area contributed by atoms with Gasteiger partial charge in [-0.25, -0.2) is 4.98 Å². The van der Waals surface area contributed by atoms with E-state index in [1.54, 1.807) is 25.3 Å². The van der Waals surface area contributed by atoms with Crippen LogP contribution in [0.2, 0.25) is 0 Å². The summed E-state index contributed by atoms with van der Waals surface area (Å²) in [4.78, 5) is 15.2. The molecule has 0 amide bonds. The third-order valence-electron chi connectivity index (χ3n) is 2.28. The van der Waals surface area contributed by atoms with Crippen molar-refractivity contribution in [3.05, 3.63) is 18.3 Å². The minimum atomic E-state index is -0.786. The second kappa shape index (κ2) is 8.31. The van der Waals surface area contributed by atoms with Crippen LogP contribution in [0, 0.1) is 0 Å². The van der Waals surface area contributed by atoms with Crippen molar-refractivity contribution < 1.29 is 19.4 Å². The number of ether oxygens (including phenoxy) is 2. The first-order valence-corrected chi connectivity index (χ1v) is 6.32. The van der Waals surface area contributed by atoms with Crippen molar-refractivity contribution in [1.82, 2.24) is 4.98 Å². The highest BCUT2D eigenvalue weighted by Gasteiger charge is 2.11. The molecule has 6 nitrogen and oxygen atoms in total. The van der Waals surface area contributed by atoms with Crippen LogP contribution in [0.5, 0.6) is 5.88 Å². The van der Waals surface area contributed by atoms with Crippen LogP contribution in [0.3, 0.4) is 0 Å². The largest absolute Gasteiger partial charge is 0.478 e. The van der Waals surface area contributed by atoms with E-state index in [0.717, 1.165) is 5.69 Å². The summed E-state index contributed by atoms with van der Waals surface area (Å²) in [6.45, 7) is 4.77. The number of carbonyl (C=O) groups is 1. The van der Waals surface area contributed by atoms with Crippen molar-refractivity contribution in [3.8, 4) is 5.88 Å². The summed E-state index contributed by atoms with van der Waals surface area (Å²) >= 11 is 0. The van der Waals surface area contributed by atoms with E-state index >= 15 is 0 Å². The minimum absolute atomic E-state index is 0.0225. The first kappa shape index (κ1) is 15.2. The van der Waals surface area contributed by atoms with E-state index in [2.05, 4.69) is 10.3 Å². The molecule has 0 saturated carbocycles. The van der Waals surface area contributed by atoms with Crippen LogP contribution in [0.15, 0.2) is 18.3 Å². The average molecular weight is 268 g/mol. The van der Waals surface area contributed by atoms with Crippen molar-refractivity contribution in [1.29, 1.82) is 0 Å². The van der Waals surface area contributed by atoms with E-state index in [-0.39, 0.29) is 13.0 Å². The zero-order valence-corrected chi connectivity index (χ0v) is 11.3. The number of anilines is 1. The van der Waals surface area contributed by atoms with Gasteiger partial charge in [-0.3, -0.25) is 4.79 Å². The summed E-state index contributed by atoms with van der Waals surface area (Å²) in [5.41, 5.74) is 0.756. The lowest BCUT2D eigenvalue weighted by Crippen LogP contribution is -2.23. The van der Waals surface area contributed by atoms with E-state index in [1.807, 2.05) is 6.92 Å². The summed E-state index contributed by atoms with van der Waals surface area (Å²) in [5.74, 6) is 0.154. The zero-order chi connectivity index (χ0) is 14.1. The van der Waals surface area contributed by atoms with E-state index in [4.69, 9.17) is 9.47 Å². The second-order valence-corrected chi connectivity index (χ2v) is 3.86. The van der Waals surface area contributed by atoms with E-state index in [9.17, 15) is 9.90 Å². The summed E-state index contributed by atoms with van der Waals surface area (Å²) in [6.07, 6.45) is 0.804. The number of aliphatic hydroxyl groups is 1. The predicted molar refractivity (Wildman–Crippen MR) is 71.2 cm³/mol. The number of carbonyl (C=O) groups excluding carboxylic acids is 1. The van der Waals surface area contributed by atoms with Gasteiger partial charge in [0.15, 0.2) is 0 Å². The number of nitrogens with zero attached hydrogens (tertiary/aromatic N) is 1. The van der Waals surface area contributed by atoms with Gasteiger partial charge in [-0.05, 0) is 19.9 Å². The van der Waals surface area contributed by atoms with Crippen molar-refractivity contribution in [2.45, 2.75) is 26.4 Å². The number of hydrogen-bond acceptors (Lipinski definition) is 6. The molecule has 1 aromatic heterocycles. The summed E-state index contributed by atoms with van der Waals surface area (Å²) in [6, 6.07) is 3.54. The molecular formula is C13H20N2O4. The fourth-order valence-electron chi connectivity index (χ4n) is 1.44. The lowest BCUT2D eigenvalue weighted by molar-refractivity contribution is -0.145. The molecule has 0 radical (unpaired) electrons. The molecule has 0 aliphatic heterocycles. The van der Waals surface area contributed by atoms with Crippen LogP contribution >= 0.6 is 0 Å². The summed E-state index contributed by atoms with van der Waals surface area (Å²) in [7, 11) is 0. The van der Waals surface area contributed by atoms with Crippen molar-refractivity contribution in [2.24, 2.45) is 0 Å². The van der Waals surface area contributed by atoms with Gasteiger partial charge >= 0.3 is 5.97 Å². The van der Waals surface area contributed by atoms with Crippen LogP contribution in [0.1, 0.15) is 20.3 Å². The number of rotatable bonds is 8. The monoisotopic (exact) mass is 268 g/mol. The number of esters is 1. The van der Waals surface area contributed by atoms with Crippen LogP contribution < -0.4 is 10.1 Å². The molecule has 0 saturated heterocycles. The molecule has 1 atom stereocenters. The third kappa shape index (κ3) is 6.05. The third-order valence-corrected chi connectivity index (χ3v) is 2.28. The molecule has 2 N–H and O–H groups in total. The molecule has 1 aromatic rings. The lowest BCUT2D eigenvalue weighted by atomic mass is 10.2. The topological polar surface area (TPSA) is 80.7 Å². The highest BCUT2D eigenvalue weighted by molar-refractivity contribution is 5.70. The normalized spacial score (nSPS) is 11.7. The molecule has 0 aliphatic rings. The number of aromatic nitrogens is 1. The molecule has 6 heteroatoms. The van der Waals surface area contributed by atoms with Crippen LogP contribution in [-0.2, 0) is 9.53 Å². The van der Waals surface area contributed by atoms with Gasteiger partial charge in [0.25, 0.3) is 0 Å². The van der Waals surface area contributed by atoms with Gasteiger partial charge in [0.05, 0.1) is 37.6 Å². The molecule has 0 aromatic carbocycles. The Hall–Kier alpha value is -1.82. The Morgan fingerprint density at radius 3 is 2.79 bits per heavy atom. The summed E-state index contributed by atoms with van der Waals surface area (Å²) < 4.78 is 9.97. The molecule has 0 fully saturated rings. The fraction of sp³-hybridized carbons (Fsp3) is 0.538. The quantitative estimate of drug-likeness (QED) is 0.690. The number of hydrogen-bond donors (Lipinski definition) is 2. The average Bonchev–Trinajstić information content (AvgIpc) is 2.38. The maximum atomic E-state index is 11.1. The number of aliphatic hydroxyl groups excluding tert-OH is 1.